The fraction of sp³-hybridized carbons (Fsp3) is 0.417. The summed E-state index contributed by atoms with van der Waals surface area (Å²) in [6, 6.07) is 7.52. The Morgan fingerprint density at radius 1 is 1.40 bits per heavy atom. The van der Waals surface area contributed by atoms with Gasteiger partial charge in [0.25, 0.3) is 0 Å². The molecule has 0 saturated carbocycles. The first-order valence-corrected chi connectivity index (χ1v) is 5.07. The van der Waals surface area contributed by atoms with Gasteiger partial charge in [-0.15, -0.1) is 0 Å². The van der Waals surface area contributed by atoms with E-state index < -0.39 is 11.4 Å². The fourth-order valence-corrected chi connectivity index (χ4v) is 1.70. The average molecular weight is 207 g/mol. The molecule has 1 aromatic carbocycles. The molecule has 1 rings (SSSR count). The largest absolute Gasteiger partial charge is 0.481 e. The fourth-order valence-electron chi connectivity index (χ4n) is 1.70. The zero-order valence-electron chi connectivity index (χ0n) is 9.16. The van der Waals surface area contributed by atoms with Gasteiger partial charge in [-0.1, -0.05) is 36.8 Å². The first kappa shape index (κ1) is 11.7. The molecule has 0 amide bonds. The molecule has 0 saturated heterocycles. The lowest BCUT2D eigenvalue weighted by Crippen LogP contribution is -2.42. The maximum absolute atomic E-state index is 11.3. The Hall–Kier alpha value is -1.35. The minimum absolute atomic E-state index is 0.127. The van der Waals surface area contributed by atoms with E-state index in [1.807, 2.05) is 38.1 Å². The predicted octanol–water partition coefficient (Wildman–Crippen LogP) is 1.69. The second-order valence-corrected chi connectivity index (χ2v) is 3.81. The van der Waals surface area contributed by atoms with Crippen molar-refractivity contribution in [2.24, 2.45) is 5.73 Å². The highest BCUT2D eigenvalue weighted by Crippen LogP contribution is 2.27. The highest BCUT2D eigenvalue weighted by Gasteiger charge is 2.36. The lowest BCUT2D eigenvalue weighted by Gasteiger charge is -2.27. The molecule has 0 radical (unpaired) electrons. The van der Waals surface area contributed by atoms with Gasteiger partial charge in [0.15, 0.2) is 0 Å². The summed E-state index contributed by atoms with van der Waals surface area (Å²) in [6.45, 7) is 3.95. The first-order valence-electron chi connectivity index (χ1n) is 5.07. The lowest BCUT2D eigenvalue weighted by molar-refractivity contribution is -0.143. The van der Waals surface area contributed by atoms with Crippen molar-refractivity contribution in [1.29, 1.82) is 0 Å². The Kier molecular flexibility index (Phi) is 3.48. The molecule has 1 atom stereocenters. The molecule has 3 nitrogen and oxygen atoms in total. The van der Waals surface area contributed by atoms with Crippen molar-refractivity contribution in [3.8, 4) is 0 Å². The maximum Gasteiger partial charge on any atom is 0.315 e. The van der Waals surface area contributed by atoms with E-state index in [4.69, 9.17) is 5.73 Å². The van der Waals surface area contributed by atoms with Crippen molar-refractivity contribution in [2.45, 2.75) is 25.7 Å². The number of aryl methyl sites for hydroxylation is 1. The molecule has 0 spiro atoms. The van der Waals surface area contributed by atoms with Crippen LogP contribution in [-0.4, -0.2) is 17.6 Å². The van der Waals surface area contributed by atoms with Gasteiger partial charge in [0, 0.05) is 6.54 Å². The maximum atomic E-state index is 11.3. The van der Waals surface area contributed by atoms with Crippen molar-refractivity contribution in [3.63, 3.8) is 0 Å². The number of carboxylic acid groups (broad SMARTS) is 1. The van der Waals surface area contributed by atoms with Crippen molar-refractivity contribution in [3.05, 3.63) is 35.4 Å². The van der Waals surface area contributed by atoms with Gasteiger partial charge in [-0.25, -0.2) is 0 Å². The summed E-state index contributed by atoms with van der Waals surface area (Å²) in [5.74, 6) is -0.851. The van der Waals surface area contributed by atoms with Gasteiger partial charge in [0.2, 0.25) is 0 Å². The molecular weight excluding hydrogens is 190 g/mol. The van der Waals surface area contributed by atoms with E-state index in [1.165, 1.54) is 0 Å². The van der Waals surface area contributed by atoms with E-state index >= 15 is 0 Å². The van der Waals surface area contributed by atoms with Crippen LogP contribution in [-0.2, 0) is 10.2 Å². The monoisotopic (exact) mass is 207 g/mol. The molecule has 0 aliphatic carbocycles. The zero-order valence-corrected chi connectivity index (χ0v) is 9.16. The van der Waals surface area contributed by atoms with Crippen LogP contribution < -0.4 is 5.73 Å². The Morgan fingerprint density at radius 3 is 2.27 bits per heavy atom. The number of aliphatic carboxylic acids is 1. The summed E-state index contributed by atoms with van der Waals surface area (Å²) in [6.07, 6.45) is 0.502. The lowest BCUT2D eigenvalue weighted by atomic mass is 9.78. The smallest absolute Gasteiger partial charge is 0.315 e. The van der Waals surface area contributed by atoms with Crippen LogP contribution >= 0.6 is 0 Å². The van der Waals surface area contributed by atoms with Crippen LogP contribution in [0.15, 0.2) is 24.3 Å². The number of hydrogen-bond acceptors (Lipinski definition) is 2. The molecular formula is C12H17NO2. The third kappa shape index (κ3) is 2.02. The van der Waals surface area contributed by atoms with E-state index in [0.29, 0.717) is 6.42 Å². The van der Waals surface area contributed by atoms with Gasteiger partial charge < -0.3 is 10.8 Å². The van der Waals surface area contributed by atoms with Gasteiger partial charge in [-0.3, -0.25) is 4.79 Å². The van der Waals surface area contributed by atoms with Crippen molar-refractivity contribution < 1.29 is 9.90 Å². The molecule has 82 valence electrons. The van der Waals surface area contributed by atoms with Gasteiger partial charge in [-0.2, -0.15) is 0 Å². The number of rotatable bonds is 4. The summed E-state index contributed by atoms with van der Waals surface area (Å²) in [4.78, 5) is 11.3. The van der Waals surface area contributed by atoms with Gasteiger partial charge in [0.05, 0.1) is 0 Å². The quantitative estimate of drug-likeness (QED) is 0.789. The molecule has 3 heteroatoms. The van der Waals surface area contributed by atoms with Crippen molar-refractivity contribution in [2.75, 3.05) is 6.54 Å². The molecule has 1 aromatic rings. The van der Waals surface area contributed by atoms with Gasteiger partial charge in [-0.05, 0) is 18.9 Å². The molecule has 3 N–H and O–H groups in total. The number of nitrogens with two attached hydrogens (primary N) is 1. The molecule has 0 aromatic heterocycles. The number of carboxylic acids is 1. The molecule has 15 heavy (non-hydrogen) atoms. The average Bonchev–Trinajstić information content (AvgIpc) is 2.22. The van der Waals surface area contributed by atoms with E-state index in [2.05, 4.69) is 0 Å². The molecule has 0 heterocycles. The number of benzene rings is 1. The van der Waals surface area contributed by atoms with Crippen LogP contribution in [0.2, 0.25) is 0 Å². The predicted molar refractivity (Wildman–Crippen MR) is 59.8 cm³/mol. The highest BCUT2D eigenvalue weighted by molar-refractivity contribution is 5.81. The van der Waals surface area contributed by atoms with Crippen LogP contribution in [0.1, 0.15) is 24.5 Å². The van der Waals surface area contributed by atoms with Crippen LogP contribution in [0.3, 0.4) is 0 Å². The number of carbonyl (C=O) groups is 1. The Bertz CT molecular complexity index is 339. The van der Waals surface area contributed by atoms with E-state index in [1.54, 1.807) is 0 Å². The Balaban J connectivity index is 3.20. The molecule has 1 unspecified atom stereocenters. The SMILES string of the molecule is CCC(CN)(C(=O)O)c1ccc(C)cc1. The zero-order chi connectivity index (χ0) is 11.5. The molecule has 0 aliphatic rings. The highest BCUT2D eigenvalue weighted by atomic mass is 16.4. The second kappa shape index (κ2) is 4.45. The normalized spacial score (nSPS) is 14.6. The summed E-state index contributed by atoms with van der Waals surface area (Å²) < 4.78 is 0. The second-order valence-electron chi connectivity index (χ2n) is 3.81. The van der Waals surface area contributed by atoms with E-state index in [-0.39, 0.29) is 6.54 Å². The van der Waals surface area contributed by atoms with Crippen LogP contribution in [0.25, 0.3) is 0 Å². The topological polar surface area (TPSA) is 63.3 Å². The summed E-state index contributed by atoms with van der Waals surface area (Å²) in [7, 11) is 0. The summed E-state index contributed by atoms with van der Waals surface area (Å²) in [5.41, 5.74) is 6.57. The molecule has 0 fully saturated rings. The van der Waals surface area contributed by atoms with Crippen LogP contribution in [0, 0.1) is 6.92 Å². The van der Waals surface area contributed by atoms with E-state index in [0.717, 1.165) is 11.1 Å². The number of hydrogen-bond donors (Lipinski definition) is 2. The third-order valence-corrected chi connectivity index (χ3v) is 2.97. The minimum atomic E-state index is -0.937. The van der Waals surface area contributed by atoms with Crippen LogP contribution in [0.4, 0.5) is 0 Å². The summed E-state index contributed by atoms with van der Waals surface area (Å²) in [5, 5.41) is 9.27. The minimum Gasteiger partial charge on any atom is -0.481 e. The summed E-state index contributed by atoms with van der Waals surface area (Å²) >= 11 is 0. The molecule has 0 aliphatic heterocycles. The first-order chi connectivity index (χ1) is 7.06. The molecule has 0 bridgehead atoms. The standard InChI is InChI=1S/C12H17NO2/c1-3-12(8-13,11(14)15)10-6-4-9(2)5-7-10/h4-7H,3,8,13H2,1-2H3,(H,14,15). The Morgan fingerprint density at radius 2 is 1.93 bits per heavy atom. The van der Waals surface area contributed by atoms with E-state index in [9.17, 15) is 9.90 Å². The van der Waals surface area contributed by atoms with Gasteiger partial charge in [0.1, 0.15) is 5.41 Å². The van der Waals surface area contributed by atoms with Crippen molar-refractivity contribution in [1.82, 2.24) is 0 Å². The Labute approximate surface area is 89.9 Å². The third-order valence-electron chi connectivity index (χ3n) is 2.97. The van der Waals surface area contributed by atoms with Gasteiger partial charge >= 0.3 is 5.97 Å². The van der Waals surface area contributed by atoms with Crippen LogP contribution in [0.5, 0.6) is 0 Å². The van der Waals surface area contributed by atoms with Crippen molar-refractivity contribution >= 4 is 5.97 Å².